The SMILES string of the molecule is CC(C)N(Cc1ccccc1)C(=O)CCCNC(=O)c1ccccc1. The number of hydrogen-bond acceptors (Lipinski definition) is 2. The van der Waals surface area contributed by atoms with Crippen LogP contribution in [0, 0.1) is 0 Å². The van der Waals surface area contributed by atoms with Crippen molar-refractivity contribution in [2.24, 2.45) is 0 Å². The molecule has 2 rings (SSSR count). The molecule has 132 valence electrons. The van der Waals surface area contributed by atoms with E-state index in [1.54, 1.807) is 12.1 Å². The van der Waals surface area contributed by atoms with Crippen LogP contribution in [0.25, 0.3) is 0 Å². The molecule has 1 N–H and O–H groups in total. The van der Waals surface area contributed by atoms with Crippen LogP contribution in [0.5, 0.6) is 0 Å². The second-order valence-corrected chi connectivity index (χ2v) is 6.33. The molecule has 0 heterocycles. The maximum absolute atomic E-state index is 12.5. The van der Waals surface area contributed by atoms with Gasteiger partial charge in [0.2, 0.25) is 5.91 Å². The Bertz CT molecular complexity index is 669. The predicted molar refractivity (Wildman–Crippen MR) is 100 cm³/mol. The predicted octanol–water partition coefficient (Wildman–Crippen LogP) is 3.63. The van der Waals surface area contributed by atoms with Gasteiger partial charge in [0.25, 0.3) is 5.91 Å². The van der Waals surface area contributed by atoms with E-state index in [2.05, 4.69) is 5.32 Å². The van der Waals surface area contributed by atoms with Crippen molar-refractivity contribution in [3.8, 4) is 0 Å². The molecule has 0 spiro atoms. The van der Waals surface area contributed by atoms with Crippen LogP contribution in [0.1, 0.15) is 42.6 Å². The third-order valence-corrected chi connectivity index (χ3v) is 4.03. The van der Waals surface area contributed by atoms with Crippen molar-refractivity contribution < 1.29 is 9.59 Å². The molecule has 0 saturated carbocycles. The van der Waals surface area contributed by atoms with Crippen molar-refractivity contribution in [3.05, 3.63) is 71.8 Å². The van der Waals surface area contributed by atoms with Crippen molar-refractivity contribution in [2.75, 3.05) is 6.54 Å². The smallest absolute Gasteiger partial charge is 0.251 e. The number of carbonyl (C=O) groups is 2. The van der Waals surface area contributed by atoms with Crippen LogP contribution in [0.15, 0.2) is 60.7 Å². The standard InChI is InChI=1S/C21H26N2O2/c1-17(2)23(16-18-10-5-3-6-11-18)20(24)14-9-15-22-21(25)19-12-7-4-8-13-19/h3-8,10-13,17H,9,14-16H2,1-2H3,(H,22,25). The first-order valence-electron chi connectivity index (χ1n) is 8.74. The fourth-order valence-corrected chi connectivity index (χ4v) is 2.62. The average Bonchev–Trinajstić information content (AvgIpc) is 2.64. The summed E-state index contributed by atoms with van der Waals surface area (Å²) in [5, 5.41) is 2.86. The minimum Gasteiger partial charge on any atom is -0.352 e. The lowest BCUT2D eigenvalue weighted by Crippen LogP contribution is -2.36. The first-order chi connectivity index (χ1) is 12.1. The molecule has 0 aliphatic rings. The molecule has 2 amide bonds. The maximum atomic E-state index is 12.5. The Hall–Kier alpha value is -2.62. The fourth-order valence-electron chi connectivity index (χ4n) is 2.62. The van der Waals surface area contributed by atoms with E-state index in [-0.39, 0.29) is 17.9 Å². The average molecular weight is 338 g/mol. The lowest BCUT2D eigenvalue weighted by molar-refractivity contribution is -0.133. The third-order valence-electron chi connectivity index (χ3n) is 4.03. The lowest BCUT2D eigenvalue weighted by atomic mass is 10.1. The van der Waals surface area contributed by atoms with E-state index in [0.717, 1.165) is 5.56 Å². The molecule has 0 aliphatic carbocycles. The maximum Gasteiger partial charge on any atom is 0.251 e. The summed E-state index contributed by atoms with van der Waals surface area (Å²) in [6.45, 7) is 5.17. The summed E-state index contributed by atoms with van der Waals surface area (Å²) in [5.41, 5.74) is 1.77. The largest absolute Gasteiger partial charge is 0.352 e. The van der Waals surface area contributed by atoms with Gasteiger partial charge < -0.3 is 10.2 Å². The first kappa shape index (κ1) is 18.7. The van der Waals surface area contributed by atoms with Crippen LogP contribution >= 0.6 is 0 Å². The van der Waals surface area contributed by atoms with Crippen LogP contribution < -0.4 is 5.32 Å². The second kappa shape index (κ2) is 9.62. The Labute approximate surface area is 149 Å². The van der Waals surface area contributed by atoms with Crippen LogP contribution in [0.3, 0.4) is 0 Å². The van der Waals surface area contributed by atoms with Gasteiger partial charge in [0, 0.05) is 31.1 Å². The highest BCUT2D eigenvalue weighted by atomic mass is 16.2. The lowest BCUT2D eigenvalue weighted by Gasteiger charge is -2.27. The Morgan fingerprint density at radius 1 is 0.960 bits per heavy atom. The molecule has 25 heavy (non-hydrogen) atoms. The molecular formula is C21H26N2O2. The van der Waals surface area contributed by atoms with E-state index >= 15 is 0 Å². The summed E-state index contributed by atoms with van der Waals surface area (Å²) in [6.07, 6.45) is 1.06. The van der Waals surface area contributed by atoms with Gasteiger partial charge in [-0.1, -0.05) is 48.5 Å². The van der Waals surface area contributed by atoms with Crippen molar-refractivity contribution >= 4 is 11.8 Å². The molecule has 2 aromatic rings. The summed E-state index contributed by atoms with van der Waals surface area (Å²) >= 11 is 0. The Morgan fingerprint density at radius 2 is 1.56 bits per heavy atom. The van der Waals surface area contributed by atoms with Gasteiger partial charge in [-0.2, -0.15) is 0 Å². The topological polar surface area (TPSA) is 49.4 Å². The number of hydrogen-bond donors (Lipinski definition) is 1. The van der Waals surface area contributed by atoms with Crippen molar-refractivity contribution in [2.45, 2.75) is 39.3 Å². The number of rotatable bonds is 8. The number of benzene rings is 2. The molecule has 0 atom stereocenters. The van der Waals surface area contributed by atoms with Gasteiger partial charge in [-0.25, -0.2) is 0 Å². The third kappa shape index (κ3) is 6.07. The van der Waals surface area contributed by atoms with E-state index in [9.17, 15) is 9.59 Å². The summed E-state index contributed by atoms with van der Waals surface area (Å²) < 4.78 is 0. The molecule has 0 unspecified atom stereocenters. The molecule has 0 aromatic heterocycles. The minimum atomic E-state index is -0.0990. The normalized spacial score (nSPS) is 10.5. The van der Waals surface area contributed by atoms with Gasteiger partial charge in [0.05, 0.1) is 0 Å². The zero-order valence-electron chi connectivity index (χ0n) is 14.9. The van der Waals surface area contributed by atoms with Gasteiger partial charge in [-0.15, -0.1) is 0 Å². The molecule has 2 aromatic carbocycles. The molecule has 0 fully saturated rings. The Kier molecular flexibility index (Phi) is 7.20. The highest BCUT2D eigenvalue weighted by molar-refractivity contribution is 5.94. The Balaban J connectivity index is 1.78. The number of carbonyl (C=O) groups excluding carboxylic acids is 2. The van der Waals surface area contributed by atoms with Crippen LogP contribution in [0.4, 0.5) is 0 Å². The van der Waals surface area contributed by atoms with Gasteiger partial charge in [-0.3, -0.25) is 9.59 Å². The van der Waals surface area contributed by atoms with Crippen LogP contribution in [-0.2, 0) is 11.3 Å². The summed E-state index contributed by atoms with van der Waals surface area (Å²) in [4.78, 5) is 26.4. The van der Waals surface area contributed by atoms with E-state index in [1.165, 1.54) is 0 Å². The van der Waals surface area contributed by atoms with Gasteiger partial charge >= 0.3 is 0 Å². The zero-order chi connectivity index (χ0) is 18.1. The molecule has 0 radical (unpaired) electrons. The first-order valence-corrected chi connectivity index (χ1v) is 8.74. The summed E-state index contributed by atoms with van der Waals surface area (Å²) in [7, 11) is 0. The van der Waals surface area contributed by atoms with Crippen molar-refractivity contribution in [1.82, 2.24) is 10.2 Å². The highest BCUT2D eigenvalue weighted by Crippen LogP contribution is 2.10. The molecular weight excluding hydrogens is 312 g/mol. The zero-order valence-corrected chi connectivity index (χ0v) is 14.9. The number of nitrogens with zero attached hydrogens (tertiary/aromatic N) is 1. The monoisotopic (exact) mass is 338 g/mol. The number of nitrogens with one attached hydrogen (secondary N) is 1. The van der Waals surface area contributed by atoms with Gasteiger partial charge in [0.15, 0.2) is 0 Å². The number of amides is 2. The van der Waals surface area contributed by atoms with Gasteiger partial charge in [-0.05, 0) is 38.0 Å². The molecule has 0 aliphatic heterocycles. The van der Waals surface area contributed by atoms with E-state index in [4.69, 9.17) is 0 Å². The van der Waals surface area contributed by atoms with Gasteiger partial charge in [0.1, 0.15) is 0 Å². The van der Waals surface area contributed by atoms with Crippen molar-refractivity contribution in [1.29, 1.82) is 0 Å². The van der Waals surface area contributed by atoms with Crippen LogP contribution in [-0.4, -0.2) is 29.3 Å². The highest BCUT2D eigenvalue weighted by Gasteiger charge is 2.17. The Morgan fingerprint density at radius 3 is 2.16 bits per heavy atom. The van der Waals surface area contributed by atoms with Crippen molar-refractivity contribution in [3.63, 3.8) is 0 Å². The molecule has 0 saturated heterocycles. The molecule has 4 heteroatoms. The quantitative estimate of drug-likeness (QED) is 0.747. The minimum absolute atomic E-state index is 0.0990. The van der Waals surface area contributed by atoms with E-state index in [0.29, 0.717) is 31.5 Å². The van der Waals surface area contributed by atoms with Crippen LogP contribution in [0.2, 0.25) is 0 Å². The molecule has 4 nitrogen and oxygen atoms in total. The second-order valence-electron chi connectivity index (χ2n) is 6.33. The fraction of sp³-hybridized carbons (Fsp3) is 0.333. The van der Waals surface area contributed by atoms with E-state index < -0.39 is 0 Å². The molecule has 0 bridgehead atoms. The summed E-state index contributed by atoms with van der Waals surface area (Å²) in [5.74, 6) is 0.0193. The summed E-state index contributed by atoms with van der Waals surface area (Å²) in [6, 6.07) is 19.3. The van der Waals surface area contributed by atoms with E-state index in [1.807, 2.05) is 67.3 Å².